The summed E-state index contributed by atoms with van der Waals surface area (Å²) >= 11 is 3.43. The molecule has 2 aromatic carbocycles. The van der Waals surface area contributed by atoms with Crippen LogP contribution in [0.3, 0.4) is 0 Å². The lowest BCUT2D eigenvalue weighted by molar-refractivity contribution is -0.115. The zero-order valence-electron chi connectivity index (χ0n) is 16.9. The van der Waals surface area contributed by atoms with E-state index in [-0.39, 0.29) is 23.1 Å². The van der Waals surface area contributed by atoms with Crippen molar-refractivity contribution in [3.8, 4) is 0 Å². The fourth-order valence-electron chi connectivity index (χ4n) is 3.80. The molecule has 162 valence electrons. The number of nitrogens with zero attached hydrogens (tertiary/aromatic N) is 2. The van der Waals surface area contributed by atoms with E-state index in [1.165, 1.54) is 10.2 Å². The van der Waals surface area contributed by atoms with Gasteiger partial charge in [-0.3, -0.25) is 9.79 Å². The molecule has 0 saturated heterocycles. The second-order valence-corrected chi connectivity index (χ2v) is 10.3. The molecule has 0 fully saturated rings. The number of hydrogen-bond donors (Lipinski definition) is 1. The van der Waals surface area contributed by atoms with Crippen molar-refractivity contribution in [3.05, 3.63) is 88.4 Å². The van der Waals surface area contributed by atoms with Gasteiger partial charge in [0.15, 0.2) is 11.5 Å². The molecule has 1 amide bonds. The summed E-state index contributed by atoms with van der Waals surface area (Å²) in [5.41, 5.74) is 2.40. The molecule has 4 aromatic rings. The van der Waals surface area contributed by atoms with Gasteiger partial charge in [-0.1, -0.05) is 39.7 Å². The van der Waals surface area contributed by atoms with Crippen molar-refractivity contribution >= 4 is 48.5 Å². The Balaban J connectivity index is 1.62. The third-order valence-electron chi connectivity index (χ3n) is 5.42. The van der Waals surface area contributed by atoms with Crippen molar-refractivity contribution in [3.63, 3.8) is 0 Å². The summed E-state index contributed by atoms with van der Waals surface area (Å²) < 4.78 is 34.2. The summed E-state index contributed by atoms with van der Waals surface area (Å²) in [4.78, 5) is 17.3. The van der Waals surface area contributed by atoms with Crippen molar-refractivity contribution in [2.45, 2.75) is 17.9 Å². The highest BCUT2D eigenvalue weighted by Crippen LogP contribution is 2.33. The van der Waals surface area contributed by atoms with Crippen LogP contribution >= 0.6 is 15.9 Å². The van der Waals surface area contributed by atoms with Gasteiger partial charge in [-0.2, -0.15) is 0 Å². The SMILES string of the molecule is Cc1ccc(S(=O)(=O)n2cc(C3CN=C(c4ccco4)C(=O)N3)c3ccc(Br)cc32)cc1. The highest BCUT2D eigenvalue weighted by molar-refractivity contribution is 9.10. The molecule has 9 heteroatoms. The maximum absolute atomic E-state index is 13.5. The van der Waals surface area contributed by atoms with Crippen LogP contribution in [0.5, 0.6) is 0 Å². The van der Waals surface area contributed by atoms with Crippen molar-refractivity contribution in [1.29, 1.82) is 0 Å². The zero-order valence-corrected chi connectivity index (χ0v) is 19.4. The molecule has 0 aliphatic carbocycles. The summed E-state index contributed by atoms with van der Waals surface area (Å²) in [6, 6.07) is 15.1. The Morgan fingerprint density at radius 1 is 1.16 bits per heavy atom. The van der Waals surface area contributed by atoms with Crippen LogP contribution < -0.4 is 5.32 Å². The Morgan fingerprint density at radius 2 is 1.94 bits per heavy atom. The van der Waals surface area contributed by atoms with E-state index in [0.717, 1.165) is 15.4 Å². The van der Waals surface area contributed by atoms with Crippen LogP contribution in [0.25, 0.3) is 10.9 Å². The minimum Gasteiger partial charge on any atom is -0.463 e. The average molecular weight is 512 g/mol. The Hall–Kier alpha value is -3.17. The lowest BCUT2D eigenvalue weighted by Crippen LogP contribution is -2.40. The first kappa shape index (κ1) is 20.7. The summed E-state index contributed by atoms with van der Waals surface area (Å²) in [6.07, 6.45) is 3.06. The number of aryl methyl sites for hydroxylation is 1. The summed E-state index contributed by atoms with van der Waals surface area (Å²) in [7, 11) is -3.84. The molecule has 1 aliphatic heterocycles. The fraction of sp³-hybridized carbons (Fsp3) is 0.130. The Bertz CT molecular complexity index is 1470. The number of fused-ring (bicyclic) bond motifs is 1. The number of carbonyl (C=O) groups is 1. The number of amides is 1. The number of aromatic nitrogens is 1. The molecule has 3 heterocycles. The molecule has 2 aromatic heterocycles. The Labute approximate surface area is 192 Å². The van der Waals surface area contributed by atoms with Gasteiger partial charge < -0.3 is 9.73 Å². The number of rotatable bonds is 4. The van der Waals surface area contributed by atoms with Crippen LogP contribution in [0, 0.1) is 6.92 Å². The van der Waals surface area contributed by atoms with E-state index >= 15 is 0 Å². The highest BCUT2D eigenvalue weighted by atomic mass is 79.9. The third kappa shape index (κ3) is 3.47. The van der Waals surface area contributed by atoms with Gasteiger partial charge in [-0.05, 0) is 43.3 Å². The van der Waals surface area contributed by atoms with Crippen LogP contribution in [0.4, 0.5) is 0 Å². The van der Waals surface area contributed by atoms with Crippen molar-refractivity contribution in [2.75, 3.05) is 6.54 Å². The third-order valence-corrected chi connectivity index (χ3v) is 7.61. The normalized spacial score (nSPS) is 16.8. The predicted molar refractivity (Wildman–Crippen MR) is 124 cm³/mol. The first-order chi connectivity index (χ1) is 15.3. The highest BCUT2D eigenvalue weighted by Gasteiger charge is 2.30. The van der Waals surface area contributed by atoms with Crippen LogP contribution in [-0.2, 0) is 14.8 Å². The molecule has 1 unspecified atom stereocenters. The van der Waals surface area contributed by atoms with Crippen molar-refractivity contribution < 1.29 is 17.6 Å². The predicted octanol–water partition coefficient (Wildman–Crippen LogP) is 4.20. The lowest BCUT2D eigenvalue weighted by Gasteiger charge is -2.21. The standard InChI is InChI=1S/C23H18BrN3O4S/c1-14-4-7-16(8-5-14)32(29,30)27-13-18(17-9-6-15(24)11-20(17)27)19-12-25-22(23(28)26-19)21-3-2-10-31-21/h2-11,13,19H,12H2,1H3,(H,26,28). The van der Waals surface area contributed by atoms with Crippen LogP contribution in [0.2, 0.25) is 0 Å². The average Bonchev–Trinajstić information content (AvgIpc) is 3.42. The molecule has 0 bridgehead atoms. The molecule has 1 N–H and O–H groups in total. The molecule has 7 nitrogen and oxygen atoms in total. The maximum Gasteiger partial charge on any atom is 0.273 e. The number of halogens is 1. The van der Waals surface area contributed by atoms with Gasteiger partial charge in [0.1, 0.15) is 0 Å². The van der Waals surface area contributed by atoms with Crippen molar-refractivity contribution in [1.82, 2.24) is 9.29 Å². The molecule has 1 aliphatic rings. The largest absolute Gasteiger partial charge is 0.463 e. The number of furan rings is 1. The number of aliphatic imine (C=N–C) groups is 1. The molecular formula is C23H18BrN3O4S. The van der Waals surface area contributed by atoms with E-state index in [2.05, 4.69) is 26.2 Å². The van der Waals surface area contributed by atoms with Crippen molar-refractivity contribution in [2.24, 2.45) is 4.99 Å². The van der Waals surface area contributed by atoms with Gasteiger partial charge in [-0.25, -0.2) is 12.4 Å². The van der Waals surface area contributed by atoms with Gasteiger partial charge >= 0.3 is 0 Å². The zero-order chi connectivity index (χ0) is 22.5. The summed E-state index contributed by atoms with van der Waals surface area (Å²) in [6.45, 7) is 2.17. The van der Waals surface area contributed by atoms with Crippen LogP contribution in [0.15, 0.2) is 85.8 Å². The number of nitrogens with one attached hydrogen (secondary N) is 1. The topological polar surface area (TPSA) is 93.7 Å². The van der Waals surface area contributed by atoms with Crippen LogP contribution in [0.1, 0.15) is 22.9 Å². The Kier molecular flexibility index (Phi) is 5.02. The maximum atomic E-state index is 13.5. The van der Waals surface area contributed by atoms with Gasteiger partial charge in [0.2, 0.25) is 0 Å². The van der Waals surface area contributed by atoms with E-state index < -0.39 is 16.1 Å². The number of benzene rings is 2. The summed E-state index contributed by atoms with van der Waals surface area (Å²) in [5, 5.41) is 3.67. The Morgan fingerprint density at radius 3 is 2.62 bits per heavy atom. The van der Waals surface area contributed by atoms with Gasteiger partial charge in [0, 0.05) is 21.6 Å². The first-order valence-electron chi connectivity index (χ1n) is 9.86. The first-order valence-corrected chi connectivity index (χ1v) is 12.1. The minimum absolute atomic E-state index is 0.192. The van der Waals surface area contributed by atoms with E-state index in [1.807, 2.05) is 19.1 Å². The molecule has 0 radical (unpaired) electrons. The smallest absolute Gasteiger partial charge is 0.273 e. The molecular weight excluding hydrogens is 494 g/mol. The number of hydrogen-bond acceptors (Lipinski definition) is 5. The molecule has 5 rings (SSSR count). The van der Waals surface area contributed by atoms with E-state index in [1.54, 1.807) is 48.7 Å². The molecule has 0 spiro atoms. The van der Waals surface area contributed by atoms with Gasteiger partial charge in [0.25, 0.3) is 15.9 Å². The quantitative estimate of drug-likeness (QED) is 0.444. The van der Waals surface area contributed by atoms with Gasteiger partial charge in [-0.15, -0.1) is 0 Å². The second kappa shape index (κ2) is 7.75. The minimum atomic E-state index is -3.84. The van der Waals surface area contributed by atoms with E-state index in [9.17, 15) is 13.2 Å². The lowest BCUT2D eigenvalue weighted by atomic mass is 10.0. The molecule has 1 atom stereocenters. The number of carbonyl (C=O) groups excluding carboxylic acids is 1. The fourth-order valence-corrected chi connectivity index (χ4v) is 5.52. The van der Waals surface area contributed by atoms with Gasteiger partial charge in [0.05, 0.1) is 29.3 Å². The van der Waals surface area contributed by atoms with E-state index in [0.29, 0.717) is 16.8 Å². The second-order valence-electron chi connectivity index (χ2n) is 7.55. The summed E-state index contributed by atoms with van der Waals surface area (Å²) in [5.74, 6) is 0.0323. The molecule has 0 saturated carbocycles. The van der Waals surface area contributed by atoms with E-state index in [4.69, 9.17) is 4.42 Å². The monoisotopic (exact) mass is 511 g/mol. The molecule has 32 heavy (non-hydrogen) atoms. The van der Waals surface area contributed by atoms with Crippen LogP contribution in [-0.4, -0.2) is 30.6 Å².